The molecule has 1 aromatic heterocycles. The highest BCUT2D eigenvalue weighted by Gasteiger charge is 2.20. The molecule has 0 amide bonds. The number of thiazole rings is 1. The Labute approximate surface area is 135 Å². The second-order valence-electron chi connectivity index (χ2n) is 3.95. The molecule has 0 saturated heterocycles. The van der Waals surface area contributed by atoms with E-state index in [1.54, 1.807) is 0 Å². The first kappa shape index (κ1) is 16.5. The molecule has 1 heterocycles. The van der Waals surface area contributed by atoms with E-state index in [9.17, 15) is 16.8 Å². The van der Waals surface area contributed by atoms with Gasteiger partial charge in [0.15, 0.2) is 18.5 Å². The third kappa shape index (κ3) is 3.86. The van der Waals surface area contributed by atoms with Crippen molar-refractivity contribution >= 4 is 60.1 Å². The van der Waals surface area contributed by atoms with Gasteiger partial charge in [-0.25, -0.2) is 21.8 Å². The molecule has 21 heavy (non-hydrogen) atoms. The van der Waals surface area contributed by atoms with E-state index in [1.165, 1.54) is 12.1 Å². The highest BCUT2D eigenvalue weighted by atomic mass is 35.5. The average molecular weight is 387 g/mol. The molecule has 6 nitrogen and oxygen atoms in total. The lowest BCUT2D eigenvalue weighted by molar-refractivity contribution is 0.600. The van der Waals surface area contributed by atoms with Crippen LogP contribution in [0.1, 0.15) is 0 Å². The lowest BCUT2D eigenvalue weighted by atomic mass is 10.3. The summed E-state index contributed by atoms with van der Waals surface area (Å²) in [6.07, 6.45) is 2.11. The maximum absolute atomic E-state index is 12.1. The number of halogens is 2. The number of sulfone groups is 1. The zero-order valence-corrected chi connectivity index (χ0v) is 14.3. The summed E-state index contributed by atoms with van der Waals surface area (Å²) in [5.74, 6) is 0. The first-order valence-corrected chi connectivity index (χ1v) is 10.2. The van der Waals surface area contributed by atoms with Crippen molar-refractivity contribution in [2.75, 3.05) is 11.0 Å². The third-order valence-corrected chi connectivity index (χ3v) is 6.71. The van der Waals surface area contributed by atoms with Gasteiger partial charge in [0, 0.05) is 6.26 Å². The molecule has 0 spiro atoms. The summed E-state index contributed by atoms with van der Waals surface area (Å²) < 4.78 is 49.4. The Hall–Kier alpha value is -0.870. The molecule has 0 fully saturated rings. The zero-order valence-electron chi connectivity index (χ0n) is 10.4. The number of nitrogens with zero attached hydrogens (tertiary/aromatic N) is 1. The van der Waals surface area contributed by atoms with E-state index in [1.807, 2.05) is 0 Å². The highest BCUT2D eigenvalue weighted by molar-refractivity contribution is 7.94. The molecule has 0 aliphatic heterocycles. The van der Waals surface area contributed by atoms with Crippen LogP contribution in [0.4, 0.5) is 5.69 Å². The van der Waals surface area contributed by atoms with Crippen molar-refractivity contribution < 1.29 is 16.8 Å². The molecule has 0 saturated carbocycles. The minimum absolute atomic E-state index is 0.0379. The van der Waals surface area contributed by atoms with E-state index >= 15 is 0 Å². The summed E-state index contributed by atoms with van der Waals surface area (Å²) in [4.78, 5) is 3.59. The topological polar surface area (TPSA) is 93.2 Å². The number of aromatic nitrogens is 1. The van der Waals surface area contributed by atoms with Crippen LogP contribution in [0.15, 0.2) is 33.5 Å². The van der Waals surface area contributed by atoms with Crippen LogP contribution in [0.2, 0.25) is 9.49 Å². The second kappa shape index (κ2) is 5.73. The minimum atomic E-state index is -3.93. The second-order valence-corrected chi connectivity index (χ2v) is 9.90. The molecule has 11 heteroatoms. The summed E-state index contributed by atoms with van der Waals surface area (Å²) >= 11 is 12.3. The highest BCUT2D eigenvalue weighted by Crippen LogP contribution is 2.29. The number of nitrogens with one attached hydrogen (secondary N) is 1. The predicted molar refractivity (Wildman–Crippen MR) is 82.5 cm³/mol. The van der Waals surface area contributed by atoms with E-state index in [0.29, 0.717) is 0 Å². The summed E-state index contributed by atoms with van der Waals surface area (Å²) in [7, 11) is -7.42. The molecular formula is C10H8Cl2N2O4S3. The number of hydrogen-bond acceptors (Lipinski definition) is 6. The van der Waals surface area contributed by atoms with Gasteiger partial charge in [0.25, 0.3) is 10.0 Å². The van der Waals surface area contributed by atoms with E-state index in [-0.39, 0.29) is 24.3 Å². The maximum atomic E-state index is 12.1. The van der Waals surface area contributed by atoms with Crippen molar-refractivity contribution in [2.45, 2.75) is 9.10 Å². The number of benzene rings is 1. The van der Waals surface area contributed by atoms with Gasteiger partial charge in [-0.3, -0.25) is 4.72 Å². The molecule has 2 rings (SSSR count). The Morgan fingerprint density at radius 1 is 1.19 bits per heavy atom. The minimum Gasteiger partial charge on any atom is -0.277 e. The van der Waals surface area contributed by atoms with Crippen molar-refractivity contribution in [3.63, 3.8) is 0 Å². The Morgan fingerprint density at radius 3 is 2.38 bits per heavy atom. The number of anilines is 1. The lowest BCUT2D eigenvalue weighted by Gasteiger charge is -2.09. The number of rotatable bonds is 4. The van der Waals surface area contributed by atoms with Crippen LogP contribution in [0, 0.1) is 0 Å². The van der Waals surface area contributed by atoms with Crippen molar-refractivity contribution in [2.24, 2.45) is 0 Å². The Kier molecular flexibility index (Phi) is 4.50. The van der Waals surface area contributed by atoms with Gasteiger partial charge in [-0.15, -0.1) is 0 Å². The molecule has 0 unspecified atom stereocenters. The predicted octanol–water partition coefficient (Wildman–Crippen LogP) is 2.65. The van der Waals surface area contributed by atoms with E-state index in [4.69, 9.17) is 23.2 Å². The fourth-order valence-corrected chi connectivity index (χ4v) is 4.60. The molecule has 0 radical (unpaired) electrons. The van der Waals surface area contributed by atoms with Crippen molar-refractivity contribution in [3.8, 4) is 0 Å². The largest absolute Gasteiger partial charge is 0.277 e. The summed E-state index contributed by atoms with van der Waals surface area (Å²) in [6.45, 7) is 0. The van der Waals surface area contributed by atoms with Crippen LogP contribution in [0.3, 0.4) is 0 Å². The molecular weight excluding hydrogens is 379 g/mol. The average Bonchev–Trinajstić information content (AvgIpc) is 2.78. The first-order chi connectivity index (χ1) is 9.59. The van der Waals surface area contributed by atoms with Crippen LogP contribution in [-0.4, -0.2) is 28.1 Å². The third-order valence-electron chi connectivity index (χ3n) is 2.33. The summed E-state index contributed by atoms with van der Waals surface area (Å²) in [5.41, 5.74) is -0.0379. The lowest BCUT2D eigenvalue weighted by Crippen LogP contribution is -2.12. The smallest absolute Gasteiger partial charge is 0.273 e. The maximum Gasteiger partial charge on any atom is 0.273 e. The van der Waals surface area contributed by atoms with Gasteiger partial charge in [-0.05, 0) is 18.2 Å². The van der Waals surface area contributed by atoms with Crippen LogP contribution in [0.5, 0.6) is 0 Å². The van der Waals surface area contributed by atoms with E-state index in [0.717, 1.165) is 29.9 Å². The molecule has 2 aromatic rings. The monoisotopic (exact) mass is 386 g/mol. The van der Waals surface area contributed by atoms with Gasteiger partial charge in [-0.1, -0.05) is 34.5 Å². The SMILES string of the molecule is CS(=O)(=O)c1ccc(Cl)c(NS(=O)(=O)c2cnc(Cl)s2)c1. The van der Waals surface area contributed by atoms with Crippen LogP contribution in [0.25, 0.3) is 0 Å². The van der Waals surface area contributed by atoms with Gasteiger partial charge >= 0.3 is 0 Å². The van der Waals surface area contributed by atoms with Gasteiger partial charge in [0.1, 0.15) is 0 Å². The fourth-order valence-electron chi connectivity index (χ4n) is 1.37. The van der Waals surface area contributed by atoms with Crippen LogP contribution >= 0.6 is 34.5 Å². The molecule has 1 N–H and O–H groups in total. The normalized spacial score (nSPS) is 12.3. The van der Waals surface area contributed by atoms with Crippen LogP contribution < -0.4 is 4.72 Å². The van der Waals surface area contributed by atoms with Gasteiger partial charge in [-0.2, -0.15) is 0 Å². The summed E-state index contributed by atoms with van der Waals surface area (Å²) in [6, 6.07) is 3.74. The quantitative estimate of drug-likeness (QED) is 0.871. The van der Waals surface area contributed by atoms with E-state index in [2.05, 4.69) is 9.71 Å². The van der Waals surface area contributed by atoms with Crippen molar-refractivity contribution in [1.29, 1.82) is 0 Å². The molecule has 0 aliphatic carbocycles. The molecule has 114 valence electrons. The Balaban J connectivity index is 2.44. The molecule has 0 atom stereocenters. The van der Waals surface area contributed by atoms with Crippen LogP contribution in [-0.2, 0) is 19.9 Å². The zero-order chi connectivity index (χ0) is 15.8. The Morgan fingerprint density at radius 2 is 1.86 bits per heavy atom. The first-order valence-electron chi connectivity index (χ1n) is 5.23. The van der Waals surface area contributed by atoms with Gasteiger partial charge in [0.05, 0.1) is 21.8 Å². The van der Waals surface area contributed by atoms with Crippen molar-refractivity contribution in [3.05, 3.63) is 33.9 Å². The van der Waals surface area contributed by atoms with E-state index < -0.39 is 19.9 Å². The van der Waals surface area contributed by atoms with Gasteiger partial charge < -0.3 is 0 Å². The van der Waals surface area contributed by atoms with Crippen molar-refractivity contribution in [1.82, 2.24) is 4.98 Å². The van der Waals surface area contributed by atoms with Gasteiger partial charge in [0.2, 0.25) is 0 Å². The number of sulfonamides is 1. The number of hydrogen-bond donors (Lipinski definition) is 1. The standard InChI is InChI=1S/C10H8Cl2N2O4S3/c1-20(15,16)6-2-3-7(11)8(4-6)14-21(17,18)9-5-13-10(12)19-9/h2-5,14H,1H3. The molecule has 1 aromatic carbocycles. The molecule has 0 bridgehead atoms. The fraction of sp³-hybridized carbons (Fsp3) is 0.100. The molecule has 0 aliphatic rings. The summed E-state index contributed by atoms with van der Waals surface area (Å²) in [5, 5.41) is 0.0709. The Bertz CT molecular complexity index is 891.